The molecule has 3 aromatic carbocycles. The number of rotatable bonds is 3. The van der Waals surface area contributed by atoms with Crippen LogP contribution < -0.4 is 0 Å². The molecule has 2 atom stereocenters. The van der Waals surface area contributed by atoms with Gasteiger partial charge in [-0.2, -0.15) is 0 Å². The topological polar surface area (TPSA) is 113 Å². The number of fused-ring (bicyclic) bond motifs is 2. The van der Waals surface area contributed by atoms with Gasteiger partial charge in [-0.1, -0.05) is 78.9 Å². The van der Waals surface area contributed by atoms with Crippen molar-refractivity contribution in [2.24, 2.45) is 10.2 Å². The predicted molar refractivity (Wildman–Crippen MR) is 117 cm³/mol. The van der Waals surface area contributed by atoms with Crippen LogP contribution in [0.15, 0.2) is 101 Å². The molecule has 0 aromatic heterocycles. The molecule has 0 bridgehead atoms. The number of nitrogens with zero attached hydrogens (tertiary/aromatic N) is 2. The number of hydrogen-bond donors (Lipinski definition) is 1. The first-order chi connectivity index (χ1) is 15.9. The fourth-order valence-corrected chi connectivity index (χ4v) is 4.20. The molecule has 5 rings (SSSR count). The molecule has 2 aliphatic carbocycles. The molecule has 0 radical (unpaired) electrons. The molecule has 3 aromatic rings. The maximum absolute atomic E-state index is 13.4. The number of benzene rings is 3. The summed E-state index contributed by atoms with van der Waals surface area (Å²) >= 11 is 0. The van der Waals surface area contributed by atoms with Gasteiger partial charge in [0.05, 0.1) is 0 Å². The van der Waals surface area contributed by atoms with Gasteiger partial charge in [0.1, 0.15) is 11.6 Å². The smallest absolute Gasteiger partial charge is 0.254 e. The maximum atomic E-state index is 13.4. The Bertz CT molecular complexity index is 1410. The summed E-state index contributed by atoms with van der Waals surface area (Å²) in [6.45, 7) is 0. The third kappa shape index (κ3) is 3.18. The van der Waals surface area contributed by atoms with Gasteiger partial charge in [0.15, 0.2) is 11.6 Å². The Kier molecular flexibility index (Phi) is 4.76. The fourth-order valence-electron chi connectivity index (χ4n) is 4.20. The number of carbonyl (C=O) groups is 4. The summed E-state index contributed by atoms with van der Waals surface area (Å²) in [6, 6.07) is 20.7. The highest BCUT2D eigenvalue weighted by atomic mass is 16.3. The van der Waals surface area contributed by atoms with Crippen LogP contribution in [0, 0.1) is 0 Å². The largest absolute Gasteiger partial charge is 0.361 e. The summed E-state index contributed by atoms with van der Waals surface area (Å²) in [5.41, 5.74) is -1.96. The van der Waals surface area contributed by atoms with E-state index >= 15 is 0 Å². The number of ketones is 4. The number of azo groups is 1. The summed E-state index contributed by atoms with van der Waals surface area (Å²) in [6.07, 6.45) is 1.01. The van der Waals surface area contributed by atoms with E-state index in [9.17, 15) is 24.3 Å². The molecule has 0 saturated heterocycles. The lowest BCUT2D eigenvalue weighted by Crippen LogP contribution is -2.50. The Balaban J connectivity index is 1.63. The van der Waals surface area contributed by atoms with E-state index in [-0.39, 0.29) is 28.0 Å². The van der Waals surface area contributed by atoms with E-state index in [4.69, 9.17) is 0 Å². The zero-order chi connectivity index (χ0) is 23.2. The van der Waals surface area contributed by atoms with Gasteiger partial charge < -0.3 is 5.11 Å². The van der Waals surface area contributed by atoms with E-state index in [0.29, 0.717) is 5.56 Å². The number of carbonyl (C=O) groups excluding carboxylic acids is 4. The van der Waals surface area contributed by atoms with Crippen LogP contribution in [0.3, 0.4) is 0 Å². The van der Waals surface area contributed by atoms with Gasteiger partial charge in [0.25, 0.3) is 5.72 Å². The second-order valence-corrected chi connectivity index (χ2v) is 7.78. The van der Waals surface area contributed by atoms with Crippen molar-refractivity contribution in [3.8, 4) is 0 Å². The van der Waals surface area contributed by atoms with Crippen LogP contribution >= 0.6 is 0 Å². The normalized spacial score (nSPS) is 22.2. The van der Waals surface area contributed by atoms with E-state index in [1.54, 1.807) is 54.6 Å². The van der Waals surface area contributed by atoms with Gasteiger partial charge in [-0.05, 0) is 5.56 Å². The molecular formula is C26H16N2O5. The van der Waals surface area contributed by atoms with Crippen molar-refractivity contribution in [2.75, 3.05) is 0 Å². The Morgan fingerprint density at radius 2 is 1.27 bits per heavy atom. The van der Waals surface area contributed by atoms with Crippen molar-refractivity contribution < 1.29 is 24.3 Å². The number of hydrogen-bond acceptors (Lipinski definition) is 7. The molecule has 1 N–H and O–H groups in total. The molecule has 0 heterocycles. The van der Waals surface area contributed by atoms with E-state index in [1.807, 2.05) is 0 Å². The first-order valence-electron chi connectivity index (χ1n) is 10.2. The van der Waals surface area contributed by atoms with Crippen LogP contribution in [0.2, 0.25) is 0 Å². The molecule has 0 amide bonds. The summed E-state index contributed by atoms with van der Waals surface area (Å²) < 4.78 is 0. The summed E-state index contributed by atoms with van der Waals surface area (Å²) in [7, 11) is 0. The first-order valence-corrected chi connectivity index (χ1v) is 10.2. The van der Waals surface area contributed by atoms with Crippen molar-refractivity contribution >= 4 is 23.1 Å². The van der Waals surface area contributed by atoms with E-state index in [2.05, 4.69) is 10.2 Å². The summed E-state index contributed by atoms with van der Waals surface area (Å²) in [5, 5.41) is 19.2. The third-order valence-electron chi connectivity index (χ3n) is 5.82. The second kappa shape index (κ2) is 7.65. The van der Waals surface area contributed by atoms with Crippen LogP contribution in [-0.2, 0) is 0 Å². The van der Waals surface area contributed by atoms with Crippen LogP contribution in [-0.4, -0.2) is 34.0 Å². The standard InChI is InChI=1S/C26H16N2O5/c29-21-14-20(23(30)17-11-5-4-10-16(17)21)27-28-26(33)22(15-8-2-1-3-9-15)24(31)18-12-6-7-13-19(18)25(26)32/h1-14,22,33H. The molecular weight excluding hydrogens is 420 g/mol. The van der Waals surface area contributed by atoms with E-state index < -0.39 is 34.8 Å². The van der Waals surface area contributed by atoms with Gasteiger partial charge in [0, 0.05) is 28.3 Å². The molecule has 0 spiro atoms. The SMILES string of the molecule is O=C1C=C(N=NC2(O)C(=O)c3ccccc3C(=O)C2c2ccccc2)C(=O)c2ccccc21. The molecule has 160 valence electrons. The van der Waals surface area contributed by atoms with Crippen molar-refractivity contribution in [1.29, 1.82) is 0 Å². The lowest BCUT2D eigenvalue weighted by atomic mass is 9.72. The predicted octanol–water partition coefficient (Wildman–Crippen LogP) is 3.95. The zero-order valence-electron chi connectivity index (χ0n) is 17.1. The number of allylic oxidation sites excluding steroid dienone is 2. The highest BCUT2D eigenvalue weighted by molar-refractivity contribution is 6.24. The van der Waals surface area contributed by atoms with Gasteiger partial charge in [0.2, 0.25) is 11.6 Å². The monoisotopic (exact) mass is 436 g/mol. The molecule has 2 aliphatic rings. The van der Waals surface area contributed by atoms with Crippen LogP contribution in [0.25, 0.3) is 0 Å². The van der Waals surface area contributed by atoms with Crippen molar-refractivity contribution in [3.05, 3.63) is 118 Å². The van der Waals surface area contributed by atoms with Crippen LogP contribution in [0.5, 0.6) is 0 Å². The van der Waals surface area contributed by atoms with Crippen molar-refractivity contribution in [2.45, 2.75) is 11.6 Å². The van der Waals surface area contributed by atoms with E-state index in [0.717, 1.165) is 6.08 Å². The zero-order valence-corrected chi connectivity index (χ0v) is 17.1. The minimum atomic E-state index is -2.59. The van der Waals surface area contributed by atoms with Gasteiger partial charge in [-0.25, -0.2) is 0 Å². The highest BCUT2D eigenvalue weighted by Gasteiger charge is 2.54. The first kappa shape index (κ1) is 20.5. The lowest BCUT2D eigenvalue weighted by Gasteiger charge is -2.34. The Labute approximate surface area is 188 Å². The number of Topliss-reactive ketones (excluding diaryl/α,β-unsaturated/α-hetero) is 3. The molecule has 2 unspecified atom stereocenters. The lowest BCUT2D eigenvalue weighted by molar-refractivity contribution is 0.0150. The average Bonchev–Trinajstić information content (AvgIpc) is 2.85. The average molecular weight is 436 g/mol. The quantitative estimate of drug-likeness (QED) is 0.625. The Morgan fingerprint density at radius 1 is 0.697 bits per heavy atom. The maximum Gasteiger partial charge on any atom is 0.254 e. The van der Waals surface area contributed by atoms with Crippen LogP contribution in [0.4, 0.5) is 0 Å². The molecule has 0 saturated carbocycles. The molecule has 0 aliphatic heterocycles. The van der Waals surface area contributed by atoms with E-state index in [1.165, 1.54) is 24.3 Å². The summed E-state index contributed by atoms with van der Waals surface area (Å²) in [5.74, 6) is -3.69. The number of aliphatic hydroxyl groups is 1. The van der Waals surface area contributed by atoms with Crippen molar-refractivity contribution in [1.82, 2.24) is 0 Å². The third-order valence-corrected chi connectivity index (χ3v) is 5.82. The van der Waals surface area contributed by atoms with Gasteiger partial charge in [-0.3, -0.25) is 19.2 Å². The minimum Gasteiger partial charge on any atom is -0.361 e. The van der Waals surface area contributed by atoms with Gasteiger partial charge >= 0.3 is 0 Å². The van der Waals surface area contributed by atoms with Crippen LogP contribution in [0.1, 0.15) is 52.9 Å². The Morgan fingerprint density at radius 3 is 1.97 bits per heavy atom. The molecule has 7 nitrogen and oxygen atoms in total. The molecule has 0 fully saturated rings. The second-order valence-electron chi connectivity index (χ2n) is 7.78. The Hall–Kier alpha value is -4.36. The fraction of sp³-hybridized carbons (Fsp3) is 0.0769. The van der Waals surface area contributed by atoms with Crippen molar-refractivity contribution in [3.63, 3.8) is 0 Å². The summed E-state index contributed by atoms with van der Waals surface area (Å²) in [4.78, 5) is 52.0. The minimum absolute atomic E-state index is 0.0153. The van der Waals surface area contributed by atoms with Gasteiger partial charge in [-0.15, -0.1) is 10.2 Å². The molecule has 7 heteroatoms. The molecule has 33 heavy (non-hydrogen) atoms. The highest BCUT2D eigenvalue weighted by Crippen LogP contribution is 2.41.